The lowest BCUT2D eigenvalue weighted by Gasteiger charge is -2.00. The number of nitrogens with one attached hydrogen (secondary N) is 1. The highest BCUT2D eigenvalue weighted by Crippen LogP contribution is 2.12. The molecule has 0 fully saturated rings. The Kier molecular flexibility index (Phi) is 3.02. The quantitative estimate of drug-likeness (QED) is 0.746. The Hall–Kier alpha value is -2.00. The standard InChI is InChI=1S/C8H7N3O5S/c12-4-6-1-2-8(16-6)17(13,14)10-3-7-9-5-15-11-7/h1-2,4-5,10H,3H2. The molecular formula is C8H7N3O5S. The van der Waals surface area contributed by atoms with Crippen LogP contribution in [0.25, 0.3) is 0 Å². The third-order valence-electron chi connectivity index (χ3n) is 1.81. The van der Waals surface area contributed by atoms with Crippen LogP contribution in [0.4, 0.5) is 0 Å². The minimum absolute atomic E-state index is 0.0649. The molecule has 0 unspecified atom stereocenters. The zero-order valence-electron chi connectivity index (χ0n) is 8.36. The van der Waals surface area contributed by atoms with Crippen molar-refractivity contribution in [2.45, 2.75) is 11.6 Å². The van der Waals surface area contributed by atoms with Crippen molar-refractivity contribution in [1.82, 2.24) is 14.9 Å². The molecule has 9 heteroatoms. The fourth-order valence-electron chi connectivity index (χ4n) is 1.04. The predicted octanol–water partition coefficient (Wildman–Crippen LogP) is -0.0464. The fraction of sp³-hybridized carbons (Fsp3) is 0.125. The lowest BCUT2D eigenvalue weighted by atomic mass is 10.5. The molecular weight excluding hydrogens is 250 g/mol. The Labute approximate surface area is 95.7 Å². The second-order valence-corrected chi connectivity index (χ2v) is 4.64. The van der Waals surface area contributed by atoms with Crippen molar-refractivity contribution in [3.8, 4) is 0 Å². The topological polar surface area (TPSA) is 115 Å². The van der Waals surface area contributed by atoms with Crippen molar-refractivity contribution in [2.75, 3.05) is 0 Å². The third-order valence-corrected chi connectivity index (χ3v) is 3.08. The Bertz CT molecular complexity index is 601. The average Bonchev–Trinajstić information content (AvgIpc) is 2.98. The van der Waals surface area contributed by atoms with E-state index in [1.807, 2.05) is 0 Å². The molecule has 1 N–H and O–H groups in total. The van der Waals surface area contributed by atoms with E-state index in [0.717, 1.165) is 6.39 Å². The van der Waals surface area contributed by atoms with Crippen LogP contribution >= 0.6 is 0 Å². The van der Waals surface area contributed by atoms with Gasteiger partial charge in [-0.3, -0.25) is 4.79 Å². The van der Waals surface area contributed by atoms with Crippen LogP contribution in [0.3, 0.4) is 0 Å². The molecule has 0 radical (unpaired) electrons. The van der Waals surface area contributed by atoms with Gasteiger partial charge in [-0.25, -0.2) is 13.1 Å². The van der Waals surface area contributed by atoms with E-state index in [1.165, 1.54) is 12.1 Å². The molecule has 90 valence electrons. The van der Waals surface area contributed by atoms with Crippen molar-refractivity contribution in [3.05, 3.63) is 30.1 Å². The van der Waals surface area contributed by atoms with Crippen LogP contribution in [0.5, 0.6) is 0 Å². The third kappa shape index (κ3) is 2.57. The first-order valence-electron chi connectivity index (χ1n) is 4.42. The van der Waals surface area contributed by atoms with Gasteiger partial charge in [-0.05, 0) is 12.1 Å². The maximum atomic E-state index is 11.6. The molecule has 0 bridgehead atoms. The SMILES string of the molecule is O=Cc1ccc(S(=O)(=O)NCc2ncon2)o1. The molecule has 2 rings (SSSR count). The number of rotatable bonds is 5. The Morgan fingerprint density at radius 1 is 1.41 bits per heavy atom. The van der Waals surface area contributed by atoms with Crippen LogP contribution in [0.1, 0.15) is 16.4 Å². The molecule has 17 heavy (non-hydrogen) atoms. The monoisotopic (exact) mass is 257 g/mol. The Balaban J connectivity index is 2.11. The van der Waals surface area contributed by atoms with Gasteiger partial charge in [0.05, 0.1) is 6.54 Å². The van der Waals surface area contributed by atoms with E-state index >= 15 is 0 Å². The summed E-state index contributed by atoms with van der Waals surface area (Å²) in [6, 6.07) is 2.44. The molecule has 2 aromatic rings. The van der Waals surface area contributed by atoms with E-state index in [0.29, 0.717) is 6.29 Å². The molecule has 0 saturated heterocycles. The molecule has 0 amide bonds. The molecule has 0 aliphatic heterocycles. The summed E-state index contributed by atoms with van der Waals surface area (Å²) in [5, 5.41) is 3.09. The number of hydrogen-bond donors (Lipinski definition) is 1. The van der Waals surface area contributed by atoms with E-state index in [9.17, 15) is 13.2 Å². The zero-order chi connectivity index (χ0) is 12.3. The van der Waals surface area contributed by atoms with Gasteiger partial charge in [-0.2, -0.15) is 4.98 Å². The smallest absolute Gasteiger partial charge is 0.274 e. The largest absolute Gasteiger partial charge is 0.440 e. The lowest BCUT2D eigenvalue weighted by Crippen LogP contribution is -2.23. The first-order valence-corrected chi connectivity index (χ1v) is 5.90. The Morgan fingerprint density at radius 3 is 2.82 bits per heavy atom. The maximum absolute atomic E-state index is 11.6. The van der Waals surface area contributed by atoms with Crippen molar-refractivity contribution in [3.63, 3.8) is 0 Å². The molecule has 0 atom stereocenters. The van der Waals surface area contributed by atoms with Gasteiger partial charge < -0.3 is 8.94 Å². The highest BCUT2D eigenvalue weighted by atomic mass is 32.2. The number of hydrogen-bond acceptors (Lipinski definition) is 7. The summed E-state index contributed by atoms with van der Waals surface area (Å²) in [5.41, 5.74) is 0. The van der Waals surface area contributed by atoms with E-state index in [4.69, 9.17) is 4.42 Å². The van der Waals surface area contributed by atoms with E-state index < -0.39 is 10.0 Å². The molecule has 2 aromatic heterocycles. The van der Waals surface area contributed by atoms with Crippen LogP contribution in [0.15, 0.2) is 32.6 Å². The van der Waals surface area contributed by atoms with Crippen molar-refractivity contribution >= 4 is 16.3 Å². The average molecular weight is 257 g/mol. The highest BCUT2D eigenvalue weighted by Gasteiger charge is 2.19. The molecule has 0 aliphatic carbocycles. The second kappa shape index (κ2) is 4.47. The Morgan fingerprint density at radius 2 is 2.24 bits per heavy atom. The predicted molar refractivity (Wildman–Crippen MR) is 52.4 cm³/mol. The summed E-state index contributed by atoms with van der Waals surface area (Å²) in [6.07, 6.45) is 1.50. The zero-order valence-corrected chi connectivity index (χ0v) is 9.18. The van der Waals surface area contributed by atoms with Gasteiger partial charge in [0.2, 0.25) is 11.5 Å². The summed E-state index contributed by atoms with van der Waals surface area (Å²) >= 11 is 0. The first-order chi connectivity index (χ1) is 8.12. The molecule has 0 spiro atoms. The fourth-order valence-corrected chi connectivity index (χ4v) is 1.96. The van der Waals surface area contributed by atoms with Crippen molar-refractivity contribution in [1.29, 1.82) is 0 Å². The highest BCUT2D eigenvalue weighted by molar-refractivity contribution is 7.89. The van der Waals surface area contributed by atoms with E-state index in [2.05, 4.69) is 19.4 Å². The van der Waals surface area contributed by atoms with Crippen LogP contribution in [-0.2, 0) is 16.6 Å². The number of aromatic nitrogens is 2. The molecule has 0 aromatic carbocycles. The summed E-state index contributed by atoms with van der Waals surface area (Å²) in [4.78, 5) is 14.0. The minimum atomic E-state index is -3.82. The second-order valence-electron chi connectivity index (χ2n) is 2.95. The van der Waals surface area contributed by atoms with Gasteiger partial charge in [-0.1, -0.05) is 5.16 Å². The van der Waals surface area contributed by atoms with Gasteiger partial charge in [-0.15, -0.1) is 0 Å². The summed E-state index contributed by atoms with van der Waals surface area (Å²) in [7, 11) is -3.82. The first kappa shape index (κ1) is 11.5. The van der Waals surface area contributed by atoms with Crippen LogP contribution in [-0.4, -0.2) is 24.8 Å². The lowest BCUT2D eigenvalue weighted by molar-refractivity contribution is 0.109. The van der Waals surface area contributed by atoms with Crippen LogP contribution < -0.4 is 4.72 Å². The van der Waals surface area contributed by atoms with Gasteiger partial charge >= 0.3 is 0 Å². The number of aldehydes is 1. The normalized spacial score (nSPS) is 11.5. The number of carbonyl (C=O) groups is 1. The molecule has 0 saturated carbocycles. The maximum Gasteiger partial charge on any atom is 0.274 e. The molecule has 8 nitrogen and oxygen atoms in total. The van der Waals surface area contributed by atoms with Gasteiger partial charge in [0.15, 0.2) is 17.9 Å². The van der Waals surface area contributed by atoms with E-state index in [-0.39, 0.29) is 23.2 Å². The van der Waals surface area contributed by atoms with Gasteiger partial charge in [0.25, 0.3) is 10.0 Å². The summed E-state index contributed by atoms with van der Waals surface area (Å²) in [5.74, 6) is 0.126. The summed E-state index contributed by atoms with van der Waals surface area (Å²) in [6.45, 7) is -0.129. The van der Waals surface area contributed by atoms with Crippen LogP contribution in [0, 0.1) is 0 Å². The molecule has 2 heterocycles. The minimum Gasteiger partial charge on any atom is -0.440 e. The van der Waals surface area contributed by atoms with Gasteiger partial charge in [0.1, 0.15) is 0 Å². The van der Waals surface area contributed by atoms with E-state index in [1.54, 1.807) is 0 Å². The molecule has 0 aliphatic rings. The van der Waals surface area contributed by atoms with Gasteiger partial charge in [0, 0.05) is 0 Å². The number of sulfonamides is 1. The number of furan rings is 1. The van der Waals surface area contributed by atoms with Crippen molar-refractivity contribution in [2.24, 2.45) is 0 Å². The van der Waals surface area contributed by atoms with Crippen molar-refractivity contribution < 1.29 is 22.2 Å². The van der Waals surface area contributed by atoms with Crippen LogP contribution in [0.2, 0.25) is 0 Å². The summed E-state index contributed by atoms with van der Waals surface area (Å²) < 4.78 is 34.7. The number of carbonyl (C=O) groups excluding carboxylic acids is 1. The number of nitrogens with zero attached hydrogens (tertiary/aromatic N) is 2.